The lowest BCUT2D eigenvalue weighted by Gasteiger charge is -2.12. The number of hydrogen-bond donors (Lipinski definition) is 2. The molecule has 0 fully saturated rings. The summed E-state index contributed by atoms with van der Waals surface area (Å²) in [5, 5.41) is 0. The van der Waals surface area contributed by atoms with Crippen LogP contribution in [0, 0.1) is 0 Å². The molecule has 110 valence electrons. The monoisotopic (exact) mass is 289 g/mol. The number of anilines is 1. The van der Waals surface area contributed by atoms with Gasteiger partial charge < -0.3 is 11.5 Å². The summed E-state index contributed by atoms with van der Waals surface area (Å²) >= 11 is 0. The van der Waals surface area contributed by atoms with Gasteiger partial charge in [-0.1, -0.05) is 19.1 Å². The molecule has 1 heterocycles. The number of benzene rings is 1. The van der Waals surface area contributed by atoms with E-state index in [0.29, 0.717) is 28.9 Å². The Balaban J connectivity index is 2.55. The van der Waals surface area contributed by atoms with Crippen LogP contribution < -0.4 is 16.4 Å². The first-order valence-electron chi connectivity index (χ1n) is 6.48. The molecule has 2 rings (SSSR count). The molecule has 0 spiro atoms. The highest BCUT2D eigenvalue weighted by atomic mass is 16.2. The fourth-order valence-corrected chi connectivity index (χ4v) is 2.41. The second-order valence-electron chi connectivity index (χ2n) is 4.79. The lowest BCUT2D eigenvalue weighted by atomic mass is 9.97. The average Bonchev–Trinajstić information content (AvgIpc) is 2.69. The smallest absolute Gasteiger partial charge is 0.326 e. The van der Waals surface area contributed by atoms with Crippen LogP contribution in [0.15, 0.2) is 18.2 Å². The fraction of sp³-hybridized carbons (Fsp3) is 0.286. The van der Waals surface area contributed by atoms with Crippen molar-refractivity contribution in [2.24, 2.45) is 11.5 Å². The van der Waals surface area contributed by atoms with Gasteiger partial charge in [-0.05, 0) is 18.1 Å². The van der Waals surface area contributed by atoms with Crippen LogP contribution in [0.1, 0.15) is 41.6 Å². The molecule has 7 nitrogen and oxygen atoms in total. The summed E-state index contributed by atoms with van der Waals surface area (Å²) < 4.78 is 0. The van der Waals surface area contributed by atoms with Crippen molar-refractivity contribution in [2.45, 2.75) is 25.7 Å². The number of primary amides is 2. The molecule has 0 aromatic heterocycles. The lowest BCUT2D eigenvalue weighted by molar-refractivity contribution is -0.127. The van der Waals surface area contributed by atoms with Gasteiger partial charge in [0.1, 0.15) is 5.92 Å². The number of nitrogens with zero attached hydrogens (tertiary/aromatic N) is 1. The van der Waals surface area contributed by atoms with Gasteiger partial charge in [0, 0.05) is 12.0 Å². The van der Waals surface area contributed by atoms with Gasteiger partial charge in [-0.15, -0.1) is 0 Å². The van der Waals surface area contributed by atoms with Crippen LogP contribution in [0.2, 0.25) is 0 Å². The van der Waals surface area contributed by atoms with Gasteiger partial charge in [-0.3, -0.25) is 14.4 Å². The van der Waals surface area contributed by atoms with Gasteiger partial charge in [0.25, 0.3) is 5.91 Å². The van der Waals surface area contributed by atoms with Crippen molar-refractivity contribution < 1.29 is 19.2 Å². The lowest BCUT2D eigenvalue weighted by Crippen LogP contribution is -2.41. The van der Waals surface area contributed by atoms with E-state index in [1.807, 2.05) is 6.92 Å². The van der Waals surface area contributed by atoms with E-state index in [-0.39, 0.29) is 11.5 Å². The maximum absolute atomic E-state index is 12.1. The van der Waals surface area contributed by atoms with E-state index in [9.17, 15) is 19.2 Å². The molecule has 1 aliphatic rings. The van der Waals surface area contributed by atoms with Crippen molar-refractivity contribution in [3.8, 4) is 0 Å². The zero-order valence-electron chi connectivity index (χ0n) is 11.5. The summed E-state index contributed by atoms with van der Waals surface area (Å²) in [7, 11) is 0. The van der Waals surface area contributed by atoms with Crippen molar-refractivity contribution in [3.63, 3.8) is 0 Å². The molecule has 0 saturated carbocycles. The predicted octanol–water partition coefficient (Wildman–Crippen LogP) is 0.664. The van der Waals surface area contributed by atoms with Crippen LogP contribution in [0.3, 0.4) is 0 Å². The Hall–Kier alpha value is -2.70. The Kier molecular flexibility index (Phi) is 3.75. The summed E-state index contributed by atoms with van der Waals surface area (Å²) in [6, 6.07) is 3.38. The van der Waals surface area contributed by atoms with E-state index < -0.39 is 23.8 Å². The quantitative estimate of drug-likeness (QED) is 0.624. The van der Waals surface area contributed by atoms with Crippen molar-refractivity contribution in [1.82, 2.24) is 0 Å². The normalized spacial score (nSPS) is 16.7. The maximum Gasteiger partial charge on any atom is 0.326 e. The summed E-state index contributed by atoms with van der Waals surface area (Å²) in [6.07, 6.45) is 1.03. The zero-order chi connectivity index (χ0) is 15.7. The van der Waals surface area contributed by atoms with Gasteiger partial charge in [-0.25, -0.2) is 9.69 Å². The van der Waals surface area contributed by atoms with E-state index in [2.05, 4.69) is 0 Å². The average molecular weight is 289 g/mol. The van der Waals surface area contributed by atoms with Gasteiger partial charge in [0.15, 0.2) is 5.78 Å². The SMILES string of the molecule is CCCC(=O)c1ccc2c(c1)N(C(N)=O)C(=O)C2C(N)=O. The third kappa shape index (κ3) is 2.37. The number of carbonyl (C=O) groups is 4. The summed E-state index contributed by atoms with van der Waals surface area (Å²) in [5.74, 6) is -3.01. The number of hydrogen-bond acceptors (Lipinski definition) is 4. The van der Waals surface area contributed by atoms with E-state index >= 15 is 0 Å². The van der Waals surface area contributed by atoms with E-state index in [4.69, 9.17) is 11.5 Å². The minimum atomic E-state index is -1.25. The van der Waals surface area contributed by atoms with Gasteiger partial charge >= 0.3 is 6.03 Å². The van der Waals surface area contributed by atoms with Gasteiger partial charge in [-0.2, -0.15) is 0 Å². The third-order valence-corrected chi connectivity index (χ3v) is 3.35. The minimum absolute atomic E-state index is 0.111. The molecular weight excluding hydrogens is 274 g/mol. The molecule has 4 amide bonds. The van der Waals surface area contributed by atoms with Crippen LogP contribution in [0.5, 0.6) is 0 Å². The molecule has 21 heavy (non-hydrogen) atoms. The van der Waals surface area contributed by atoms with E-state index in [0.717, 1.165) is 0 Å². The Morgan fingerprint density at radius 2 is 1.90 bits per heavy atom. The summed E-state index contributed by atoms with van der Waals surface area (Å²) in [5.41, 5.74) is 11.2. The third-order valence-electron chi connectivity index (χ3n) is 3.35. The van der Waals surface area contributed by atoms with Crippen LogP contribution in [-0.2, 0) is 9.59 Å². The minimum Gasteiger partial charge on any atom is -0.369 e. The second kappa shape index (κ2) is 5.35. The maximum atomic E-state index is 12.1. The molecule has 1 aromatic rings. The fourth-order valence-electron chi connectivity index (χ4n) is 2.41. The molecule has 1 unspecified atom stereocenters. The number of imide groups is 1. The number of Topliss-reactive ketones (excluding diaryl/α,β-unsaturated/α-hetero) is 1. The molecular formula is C14H15N3O4. The van der Waals surface area contributed by atoms with Crippen LogP contribution >= 0.6 is 0 Å². The first-order valence-corrected chi connectivity index (χ1v) is 6.48. The Labute approximate surface area is 120 Å². The molecule has 1 atom stereocenters. The molecule has 0 radical (unpaired) electrons. The Morgan fingerprint density at radius 3 is 2.43 bits per heavy atom. The van der Waals surface area contributed by atoms with Crippen molar-refractivity contribution >= 4 is 29.3 Å². The van der Waals surface area contributed by atoms with Crippen LogP contribution in [0.25, 0.3) is 0 Å². The first-order chi connectivity index (χ1) is 9.88. The van der Waals surface area contributed by atoms with Gasteiger partial charge in [0.2, 0.25) is 5.91 Å². The van der Waals surface area contributed by atoms with E-state index in [1.54, 1.807) is 0 Å². The molecule has 0 aliphatic carbocycles. The molecule has 0 saturated heterocycles. The standard InChI is InChI=1S/C14H15N3O4/c1-2-3-10(18)7-4-5-8-9(6-7)17(14(16)21)13(20)11(8)12(15)19/h4-6,11H,2-3H2,1H3,(H2,15,19)(H2,16,21). The number of nitrogens with two attached hydrogens (primary N) is 2. The molecule has 7 heteroatoms. The zero-order valence-corrected chi connectivity index (χ0v) is 11.5. The van der Waals surface area contributed by atoms with Crippen molar-refractivity contribution in [3.05, 3.63) is 29.3 Å². The van der Waals surface area contributed by atoms with Crippen LogP contribution in [-0.4, -0.2) is 23.6 Å². The predicted molar refractivity (Wildman–Crippen MR) is 74.7 cm³/mol. The number of carbonyl (C=O) groups excluding carboxylic acids is 4. The number of fused-ring (bicyclic) bond motifs is 1. The topological polar surface area (TPSA) is 124 Å². The number of rotatable bonds is 4. The largest absolute Gasteiger partial charge is 0.369 e. The second-order valence-corrected chi connectivity index (χ2v) is 4.79. The van der Waals surface area contributed by atoms with Crippen molar-refractivity contribution in [2.75, 3.05) is 4.90 Å². The highest BCUT2D eigenvalue weighted by molar-refractivity contribution is 6.27. The summed E-state index contributed by atoms with van der Waals surface area (Å²) in [6.45, 7) is 1.87. The first kappa shape index (κ1) is 14.7. The van der Waals surface area contributed by atoms with Crippen molar-refractivity contribution in [1.29, 1.82) is 0 Å². The summed E-state index contributed by atoms with van der Waals surface area (Å²) in [4.78, 5) is 47.5. The molecule has 1 aliphatic heterocycles. The molecule has 1 aromatic carbocycles. The highest BCUT2D eigenvalue weighted by Crippen LogP contribution is 2.38. The highest BCUT2D eigenvalue weighted by Gasteiger charge is 2.43. The number of urea groups is 1. The number of ketones is 1. The van der Waals surface area contributed by atoms with E-state index in [1.165, 1.54) is 18.2 Å². The molecule has 4 N–H and O–H groups in total. The number of amides is 4. The van der Waals surface area contributed by atoms with Crippen LogP contribution in [0.4, 0.5) is 10.5 Å². The van der Waals surface area contributed by atoms with Gasteiger partial charge in [0.05, 0.1) is 5.69 Å². The Bertz CT molecular complexity index is 654. The molecule has 0 bridgehead atoms. The Morgan fingerprint density at radius 1 is 1.24 bits per heavy atom.